The highest BCUT2D eigenvalue weighted by molar-refractivity contribution is 5.74. The van der Waals surface area contributed by atoms with Gasteiger partial charge >= 0.3 is 0 Å². The molecule has 1 saturated heterocycles. The lowest BCUT2D eigenvalue weighted by molar-refractivity contribution is -0.119. The van der Waals surface area contributed by atoms with Crippen LogP contribution in [0.15, 0.2) is 28.7 Å². The number of rotatable bonds is 2. The molecule has 2 N–H and O–H groups in total. The van der Waals surface area contributed by atoms with Crippen LogP contribution >= 0.6 is 0 Å². The summed E-state index contributed by atoms with van der Waals surface area (Å²) in [7, 11) is 0. The third-order valence-electron chi connectivity index (χ3n) is 3.39. The van der Waals surface area contributed by atoms with Gasteiger partial charge in [-0.3, -0.25) is 4.79 Å². The summed E-state index contributed by atoms with van der Waals surface area (Å²) in [5, 5.41) is 12.8. The number of nitrogens with one attached hydrogen (secondary N) is 1. The molecule has 0 unspecified atom stereocenters. The van der Waals surface area contributed by atoms with Crippen molar-refractivity contribution in [2.45, 2.75) is 25.5 Å². The van der Waals surface area contributed by atoms with E-state index in [1.54, 1.807) is 0 Å². The van der Waals surface area contributed by atoms with Crippen LogP contribution in [0.25, 0.3) is 11.1 Å². The molecule has 0 aliphatic carbocycles. The summed E-state index contributed by atoms with van der Waals surface area (Å²) in [5.41, 5.74) is 1.51. The summed E-state index contributed by atoms with van der Waals surface area (Å²) < 4.78 is 5.70. The normalized spacial score (nSPS) is 23.0. The Balaban J connectivity index is 1.82. The van der Waals surface area contributed by atoms with Crippen LogP contribution < -0.4 is 10.2 Å². The Hall–Kier alpha value is -2.08. The minimum Gasteiger partial charge on any atom is -0.423 e. The number of aliphatic hydroxyl groups is 1. The lowest BCUT2D eigenvalue weighted by atomic mass is 10.0. The van der Waals surface area contributed by atoms with Gasteiger partial charge < -0.3 is 19.7 Å². The van der Waals surface area contributed by atoms with Crippen LogP contribution in [0.1, 0.15) is 13.3 Å². The molecule has 1 amide bonds. The first-order chi connectivity index (χ1) is 9.61. The van der Waals surface area contributed by atoms with Gasteiger partial charge in [0.1, 0.15) is 5.52 Å². The fourth-order valence-corrected chi connectivity index (χ4v) is 2.62. The summed E-state index contributed by atoms with van der Waals surface area (Å²) in [4.78, 5) is 17.4. The monoisotopic (exact) mass is 275 g/mol. The molecule has 6 heteroatoms. The summed E-state index contributed by atoms with van der Waals surface area (Å²) in [6.45, 7) is 2.52. The molecule has 0 bridgehead atoms. The highest BCUT2D eigenvalue weighted by Gasteiger charge is 2.29. The quantitative estimate of drug-likeness (QED) is 0.851. The average molecular weight is 275 g/mol. The number of anilines is 1. The van der Waals surface area contributed by atoms with Crippen LogP contribution in [0.3, 0.4) is 0 Å². The molecule has 0 saturated carbocycles. The van der Waals surface area contributed by atoms with Crippen LogP contribution in [-0.2, 0) is 4.79 Å². The minimum atomic E-state index is -0.504. The van der Waals surface area contributed by atoms with Gasteiger partial charge in [-0.1, -0.05) is 12.1 Å². The highest BCUT2D eigenvalue weighted by Crippen LogP contribution is 2.24. The van der Waals surface area contributed by atoms with E-state index in [9.17, 15) is 9.90 Å². The van der Waals surface area contributed by atoms with Crippen molar-refractivity contribution >= 4 is 23.0 Å². The van der Waals surface area contributed by atoms with Crippen molar-refractivity contribution in [1.82, 2.24) is 10.3 Å². The lowest BCUT2D eigenvalue weighted by Gasteiger charge is -2.34. The van der Waals surface area contributed by atoms with E-state index in [0.29, 0.717) is 25.5 Å². The van der Waals surface area contributed by atoms with Gasteiger partial charge in [-0.05, 0) is 18.6 Å². The molecule has 1 aliphatic rings. The molecule has 0 spiro atoms. The number of carbonyl (C=O) groups is 1. The number of β-amino-alcohol motifs (C(OH)–C–C–N with tert-alkyl or cyclic N) is 1. The summed E-state index contributed by atoms with van der Waals surface area (Å²) in [5.74, 6) is -0.0957. The predicted octanol–water partition coefficient (Wildman–Crippen LogP) is 0.903. The molecule has 3 rings (SSSR count). The molecule has 106 valence electrons. The maximum atomic E-state index is 11.2. The van der Waals surface area contributed by atoms with Gasteiger partial charge in [0, 0.05) is 26.1 Å². The Morgan fingerprint density at radius 3 is 3.00 bits per heavy atom. The smallest absolute Gasteiger partial charge is 0.298 e. The van der Waals surface area contributed by atoms with Crippen molar-refractivity contribution in [1.29, 1.82) is 0 Å². The summed E-state index contributed by atoms with van der Waals surface area (Å²) in [6.07, 6.45) is 0.0478. The number of oxazole rings is 1. The third kappa shape index (κ3) is 2.60. The molecular weight excluding hydrogens is 258 g/mol. The Bertz CT molecular complexity index is 592. The van der Waals surface area contributed by atoms with E-state index in [4.69, 9.17) is 4.42 Å². The molecule has 2 aromatic rings. The van der Waals surface area contributed by atoms with Crippen molar-refractivity contribution in [3.8, 4) is 0 Å². The lowest BCUT2D eigenvalue weighted by Crippen LogP contribution is -2.52. The number of amides is 1. The van der Waals surface area contributed by atoms with Gasteiger partial charge in [0.25, 0.3) is 6.01 Å². The molecule has 1 aromatic heterocycles. The van der Waals surface area contributed by atoms with Crippen molar-refractivity contribution in [3.63, 3.8) is 0 Å². The number of fused-ring (bicyclic) bond motifs is 1. The van der Waals surface area contributed by atoms with Gasteiger partial charge in [-0.2, -0.15) is 4.98 Å². The van der Waals surface area contributed by atoms with Crippen LogP contribution in [-0.4, -0.2) is 41.2 Å². The Morgan fingerprint density at radius 1 is 1.45 bits per heavy atom. The molecule has 1 fully saturated rings. The van der Waals surface area contributed by atoms with Gasteiger partial charge in [0.2, 0.25) is 5.91 Å². The van der Waals surface area contributed by atoms with Crippen molar-refractivity contribution in [3.05, 3.63) is 24.3 Å². The predicted molar refractivity (Wildman–Crippen MR) is 74.5 cm³/mol. The maximum absolute atomic E-state index is 11.2. The van der Waals surface area contributed by atoms with Crippen LogP contribution in [0.2, 0.25) is 0 Å². The van der Waals surface area contributed by atoms with E-state index in [0.717, 1.165) is 11.1 Å². The Kier molecular flexibility index (Phi) is 3.31. The number of aliphatic hydroxyl groups excluding tert-OH is 1. The molecule has 2 heterocycles. The maximum Gasteiger partial charge on any atom is 0.298 e. The molecule has 20 heavy (non-hydrogen) atoms. The number of benzene rings is 1. The average Bonchev–Trinajstić information content (AvgIpc) is 2.80. The van der Waals surface area contributed by atoms with E-state index in [2.05, 4.69) is 10.3 Å². The number of para-hydroxylation sites is 2. The van der Waals surface area contributed by atoms with Gasteiger partial charge in [0.05, 0.1) is 6.10 Å². The number of hydrogen-bond acceptors (Lipinski definition) is 5. The standard InChI is InChI=1S/C14H17N3O3/c1-9(18)15-10-6-11(19)8-17(7-10)14-16-12-4-2-3-5-13(12)20-14/h2-5,10-11,19H,6-8H2,1H3,(H,15,18)/t10-,11+/m0/s1. The van der Waals surface area contributed by atoms with Crippen molar-refractivity contribution in [2.24, 2.45) is 0 Å². The topological polar surface area (TPSA) is 78.6 Å². The van der Waals surface area contributed by atoms with Crippen LogP contribution in [0.5, 0.6) is 0 Å². The zero-order valence-electron chi connectivity index (χ0n) is 11.2. The van der Waals surface area contributed by atoms with Gasteiger partial charge in [0.15, 0.2) is 5.58 Å². The van der Waals surface area contributed by atoms with Crippen molar-refractivity contribution in [2.75, 3.05) is 18.0 Å². The first kappa shape index (κ1) is 12.9. The highest BCUT2D eigenvalue weighted by atomic mass is 16.4. The number of nitrogens with zero attached hydrogens (tertiary/aromatic N) is 2. The van der Waals surface area contributed by atoms with E-state index < -0.39 is 6.10 Å². The minimum absolute atomic E-state index is 0.0914. The van der Waals surface area contributed by atoms with Gasteiger partial charge in [-0.15, -0.1) is 0 Å². The third-order valence-corrected chi connectivity index (χ3v) is 3.39. The first-order valence-corrected chi connectivity index (χ1v) is 6.67. The molecular formula is C14H17N3O3. The van der Waals surface area contributed by atoms with E-state index in [1.807, 2.05) is 29.2 Å². The fourth-order valence-electron chi connectivity index (χ4n) is 2.62. The van der Waals surface area contributed by atoms with E-state index >= 15 is 0 Å². The summed E-state index contributed by atoms with van der Waals surface area (Å²) in [6, 6.07) is 7.93. The first-order valence-electron chi connectivity index (χ1n) is 6.67. The second-order valence-electron chi connectivity index (χ2n) is 5.16. The number of aromatic nitrogens is 1. The van der Waals surface area contributed by atoms with E-state index in [-0.39, 0.29) is 11.9 Å². The van der Waals surface area contributed by atoms with Crippen LogP contribution in [0, 0.1) is 0 Å². The SMILES string of the molecule is CC(=O)N[C@H]1C[C@@H](O)CN(c2nc3ccccc3o2)C1. The molecule has 2 atom stereocenters. The summed E-state index contributed by atoms with van der Waals surface area (Å²) >= 11 is 0. The zero-order valence-corrected chi connectivity index (χ0v) is 11.2. The largest absolute Gasteiger partial charge is 0.423 e. The zero-order chi connectivity index (χ0) is 14.1. The van der Waals surface area contributed by atoms with E-state index in [1.165, 1.54) is 6.92 Å². The second-order valence-corrected chi connectivity index (χ2v) is 5.16. The molecule has 6 nitrogen and oxygen atoms in total. The molecule has 0 radical (unpaired) electrons. The second kappa shape index (κ2) is 5.13. The van der Waals surface area contributed by atoms with Crippen LogP contribution in [0.4, 0.5) is 6.01 Å². The number of hydrogen-bond donors (Lipinski definition) is 2. The molecule has 1 aromatic carbocycles. The fraction of sp³-hybridized carbons (Fsp3) is 0.429. The van der Waals surface area contributed by atoms with Crippen molar-refractivity contribution < 1.29 is 14.3 Å². The number of piperidine rings is 1. The van der Waals surface area contributed by atoms with Gasteiger partial charge in [-0.25, -0.2) is 0 Å². The Labute approximate surface area is 116 Å². The number of carbonyl (C=O) groups excluding carboxylic acids is 1. The molecule has 1 aliphatic heterocycles. The Morgan fingerprint density at radius 2 is 2.25 bits per heavy atom.